The zero-order chi connectivity index (χ0) is 34.4. The van der Waals surface area contributed by atoms with Crippen LogP contribution in [0.5, 0.6) is 6.01 Å². The summed E-state index contributed by atoms with van der Waals surface area (Å²) in [6.07, 6.45) is 1.11. The molecule has 0 radical (unpaired) electrons. The SMILES string of the molecule is CC(=O)c1cc2c(N3C[C@H]4CC[C@@H](C3)N4C(=O)O)nc(OC[C@@]34CCCN3C[C@H](F)C4)nc2c(F)c1-c1nc(N)cc2ccc(F)c(F)c12. The average molecular weight is 680 g/mol. The van der Waals surface area contributed by atoms with Crippen molar-refractivity contribution < 1.29 is 37.0 Å². The highest BCUT2D eigenvalue weighted by Crippen LogP contribution is 2.43. The topological polar surface area (TPSA) is 138 Å². The molecule has 11 nitrogen and oxygen atoms in total. The molecule has 4 aromatic rings. The average Bonchev–Trinajstić information content (AvgIpc) is 3.68. The molecule has 8 rings (SSSR count). The first-order valence-corrected chi connectivity index (χ1v) is 16.3. The Balaban J connectivity index is 1.32. The second-order valence-corrected chi connectivity index (χ2v) is 13.6. The lowest BCUT2D eigenvalue weighted by Gasteiger charge is -2.40. The Morgan fingerprint density at radius 2 is 1.82 bits per heavy atom. The van der Waals surface area contributed by atoms with E-state index in [-0.39, 0.29) is 88.8 Å². The van der Waals surface area contributed by atoms with Gasteiger partial charge in [0.2, 0.25) is 0 Å². The highest BCUT2D eigenvalue weighted by atomic mass is 19.2. The van der Waals surface area contributed by atoms with Gasteiger partial charge in [-0.3, -0.25) is 14.6 Å². The van der Waals surface area contributed by atoms with Crippen molar-refractivity contribution >= 4 is 45.2 Å². The number of piperazine rings is 1. The fourth-order valence-electron chi connectivity index (χ4n) is 8.53. The molecular formula is C34H33F4N7O4. The number of hydrogen-bond donors (Lipinski definition) is 2. The van der Waals surface area contributed by atoms with Crippen LogP contribution in [0.25, 0.3) is 32.9 Å². The summed E-state index contributed by atoms with van der Waals surface area (Å²) in [5, 5.41) is 9.78. The minimum atomic E-state index is -1.28. The Morgan fingerprint density at radius 3 is 2.53 bits per heavy atom. The molecule has 2 aromatic carbocycles. The maximum Gasteiger partial charge on any atom is 0.407 e. The van der Waals surface area contributed by atoms with E-state index < -0.39 is 46.6 Å². The number of carbonyl (C=O) groups excluding carboxylic acids is 1. The van der Waals surface area contributed by atoms with Crippen molar-refractivity contribution in [3.05, 3.63) is 47.3 Å². The van der Waals surface area contributed by atoms with Crippen LogP contribution in [0.2, 0.25) is 0 Å². The van der Waals surface area contributed by atoms with Crippen LogP contribution in [0.3, 0.4) is 0 Å². The molecular weight excluding hydrogens is 646 g/mol. The number of halogens is 4. The van der Waals surface area contributed by atoms with Crippen LogP contribution in [-0.4, -0.2) is 98.3 Å². The van der Waals surface area contributed by atoms with Crippen molar-refractivity contribution in [2.24, 2.45) is 0 Å². The van der Waals surface area contributed by atoms with Crippen molar-refractivity contribution in [2.75, 3.05) is 43.4 Å². The Morgan fingerprint density at radius 1 is 1.06 bits per heavy atom. The molecule has 0 aliphatic carbocycles. The molecule has 6 heterocycles. The lowest BCUT2D eigenvalue weighted by Crippen LogP contribution is -2.55. The zero-order valence-electron chi connectivity index (χ0n) is 26.6. The van der Waals surface area contributed by atoms with Gasteiger partial charge in [-0.15, -0.1) is 0 Å². The molecule has 0 unspecified atom stereocenters. The van der Waals surface area contributed by atoms with Gasteiger partial charge in [0, 0.05) is 48.0 Å². The summed E-state index contributed by atoms with van der Waals surface area (Å²) in [5.41, 5.74) is 4.25. The molecule has 2 aromatic heterocycles. The van der Waals surface area contributed by atoms with E-state index in [9.17, 15) is 23.5 Å². The summed E-state index contributed by atoms with van der Waals surface area (Å²) >= 11 is 0. The minimum absolute atomic E-state index is 0.0579. The van der Waals surface area contributed by atoms with Crippen molar-refractivity contribution in [1.82, 2.24) is 24.8 Å². The Kier molecular flexibility index (Phi) is 7.32. The van der Waals surface area contributed by atoms with E-state index in [0.717, 1.165) is 19.0 Å². The summed E-state index contributed by atoms with van der Waals surface area (Å²) < 4.78 is 67.8. The third kappa shape index (κ3) is 4.99. The number of Topliss-reactive ketones (excluding diaryl/α,β-unsaturated/α-hetero) is 1. The number of aromatic nitrogens is 3. The molecule has 49 heavy (non-hydrogen) atoms. The van der Waals surface area contributed by atoms with Gasteiger partial charge >= 0.3 is 12.1 Å². The second kappa shape index (κ2) is 11.4. The minimum Gasteiger partial charge on any atom is -0.465 e. The first-order valence-electron chi connectivity index (χ1n) is 16.3. The number of pyridine rings is 1. The van der Waals surface area contributed by atoms with Crippen LogP contribution in [0.1, 0.15) is 49.4 Å². The van der Waals surface area contributed by atoms with E-state index in [1.807, 2.05) is 4.90 Å². The number of carboxylic acid groups (broad SMARTS) is 1. The number of ketones is 1. The molecule has 1 amide bonds. The number of alkyl halides is 1. The summed E-state index contributed by atoms with van der Waals surface area (Å²) in [6, 6.07) is 4.06. The maximum atomic E-state index is 17.2. The van der Waals surface area contributed by atoms with Crippen LogP contribution in [-0.2, 0) is 0 Å². The van der Waals surface area contributed by atoms with Crippen LogP contribution < -0.4 is 15.4 Å². The number of hydrogen-bond acceptors (Lipinski definition) is 9. The molecule has 0 spiro atoms. The number of nitrogens with zero attached hydrogens (tertiary/aromatic N) is 6. The third-order valence-electron chi connectivity index (χ3n) is 10.6. The monoisotopic (exact) mass is 679 g/mol. The number of amides is 1. The number of benzene rings is 2. The van der Waals surface area contributed by atoms with Gasteiger partial charge in [0.15, 0.2) is 23.2 Å². The molecule has 4 saturated heterocycles. The first-order chi connectivity index (χ1) is 23.4. The van der Waals surface area contributed by atoms with Gasteiger partial charge in [-0.05, 0) is 62.7 Å². The maximum absolute atomic E-state index is 17.2. The largest absolute Gasteiger partial charge is 0.465 e. The normalized spacial score (nSPS) is 25.0. The number of ether oxygens (including phenoxy) is 1. The van der Waals surface area contributed by atoms with E-state index in [1.165, 1.54) is 30.0 Å². The Hall–Kier alpha value is -4.79. The molecule has 15 heteroatoms. The van der Waals surface area contributed by atoms with E-state index in [1.54, 1.807) is 0 Å². The quantitative estimate of drug-likeness (QED) is 0.203. The first kappa shape index (κ1) is 31.5. The van der Waals surface area contributed by atoms with Gasteiger partial charge in [0.1, 0.15) is 29.9 Å². The number of anilines is 2. The van der Waals surface area contributed by atoms with E-state index in [2.05, 4.69) is 14.9 Å². The standard InChI is InChI=1S/C34H33F4N7O4/c1-16(46)21-10-22-29(28(38)26(21)30-25-17(9-24(39)40-30)3-6-23(36)27(25)37)41-32(49-15-34-7-2-8-44(34)12-18(35)11-34)42-31(22)43-13-19-4-5-20(14-43)45(19)33(47)48/h3,6,9-10,18-20H,2,4-5,7-8,11-15H2,1H3,(H2,39,40)(H,47,48)/t18-,19-,20+,34+/m1/s1. The summed E-state index contributed by atoms with van der Waals surface area (Å²) in [5.74, 6) is -3.98. The van der Waals surface area contributed by atoms with Crippen LogP contribution >= 0.6 is 0 Å². The molecule has 4 atom stereocenters. The molecule has 3 N–H and O–H groups in total. The van der Waals surface area contributed by atoms with Gasteiger partial charge in [0.25, 0.3) is 0 Å². The number of nitrogen functional groups attached to an aromatic ring is 1. The smallest absolute Gasteiger partial charge is 0.407 e. The fourth-order valence-corrected chi connectivity index (χ4v) is 8.53. The molecule has 0 saturated carbocycles. The number of nitrogens with two attached hydrogens (primary N) is 1. The van der Waals surface area contributed by atoms with Crippen molar-refractivity contribution in [3.8, 4) is 17.3 Å². The highest BCUT2D eigenvalue weighted by Gasteiger charge is 2.49. The van der Waals surface area contributed by atoms with Crippen LogP contribution in [0.15, 0.2) is 24.3 Å². The molecule has 4 aliphatic rings. The van der Waals surface area contributed by atoms with Crippen molar-refractivity contribution in [3.63, 3.8) is 0 Å². The van der Waals surface area contributed by atoms with Gasteiger partial charge < -0.3 is 20.5 Å². The Bertz CT molecular complexity index is 2050. The summed E-state index contributed by atoms with van der Waals surface area (Å²) in [4.78, 5) is 43.9. The van der Waals surface area contributed by atoms with Gasteiger partial charge in [-0.2, -0.15) is 9.97 Å². The Labute approximate surface area is 277 Å². The highest BCUT2D eigenvalue weighted by molar-refractivity contribution is 6.10. The fraction of sp³-hybridized carbons (Fsp3) is 0.441. The molecule has 2 bridgehead atoms. The predicted molar refractivity (Wildman–Crippen MR) is 172 cm³/mol. The third-order valence-corrected chi connectivity index (χ3v) is 10.6. The second-order valence-electron chi connectivity index (χ2n) is 13.6. The van der Waals surface area contributed by atoms with Gasteiger partial charge in [-0.1, -0.05) is 6.07 Å². The molecule has 4 aliphatic heterocycles. The summed E-state index contributed by atoms with van der Waals surface area (Å²) in [7, 11) is 0. The number of fused-ring (bicyclic) bond motifs is 5. The lowest BCUT2D eigenvalue weighted by atomic mass is 9.94. The van der Waals surface area contributed by atoms with Gasteiger partial charge in [-0.25, -0.2) is 27.3 Å². The van der Waals surface area contributed by atoms with Gasteiger partial charge in [0.05, 0.1) is 23.3 Å². The predicted octanol–water partition coefficient (Wildman–Crippen LogP) is 5.33. The molecule has 256 valence electrons. The lowest BCUT2D eigenvalue weighted by molar-refractivity contribution is 0.101. The zero-order valence-corrected chi connectivity index (χ0v) is 26.6. The molecule has 4 fully saturated rings. The van der Waals surface area contributed by atoms with E-state index in [0.29, 0.717) is 25.8 Å². The van der Waals surface area contributed by atoms with Crippen LogP contribution in [0.4, 0.5) is 34.0 Å². The van der Waals surface area contributed by atoms with Crippen LogP contribution in [0, 0.1) is 17.5 Å². The summed E-state index contributed by atoms with van der Waals surface area (Å²) in [6.45, 7) is 2.80. The van der Waals surface area contributed by atoms with Crippen molar-refractivity contribution in [1.29, 1.82) is 0 Å². The van der Waals surface area contributed by atoms with E-state index >= 15 is 8.78 Å². The number of carbonyl (C=O) groups is 2. The van der Waals surface area contributed by atoms with Crippen molar-refractivity contribution in [2.45, 2.75) is 62.8 Å². The van der Waals surface area contributed by atoms with E-state index in [4.69, 9.17) is 15.5 Å². The number of rotatable bonds is 6.